The zero-order valence-corrected chi connectivity index (χ0v) is 15.0. The van der Waals surface area contributed by atoms with Crippen molar-refractivity contribution >= 4 is 29.2 Å². The molecule has 1 N–H and O–H groups in total. The summed E-state index contributed by atoms with van der Waals surface area (Å²) < 4.78 is 4.82. The fourth-order valence-electron chi connectivity index (χ4n) is 2.91. The van der Waals surface area contributed by atoms with E-state index in [0.717, 1.165) is 51.0 Å². The molecule has 1 aromatic rings. The van der Waals surface area contributed by atoms with E-state index in [1.807, 2.05) is 12.1 Å². The van der Waals surface area contributed by atoms with Gasteiger partial charge in [-0.2, -0.15) is 0 Å². The standard InChI is InChI=1S/C17H24Cl2N2O2/c1-23-17(22)12-21(11-13-4-7-20-8-5-13)9-6-14-2-3-15(18)10-16(14)19/h2-3,10,13,20H,4-9,11-12H2,1H3. The van der Waals surface area contributed by atoms with E-state index >= 15 is 0 Å². The summed E-state index contributed by atoms with van der Waals surface area (Å²) in [5.41, 5.74) is 1.05. The molecule has 6 heteroatoms. The molecule has 0 amide bonds. The molecule has 0 spiro atoms. The van der Waals surface area contributed by atoms with Crippen LogP contribution in [0.25, 0.3) is 0 Å². The van der Waals surface area contributed by atoms with Crippen molar-refractivity contribution in [1.29, 1.82) is 0 Å². The van der Waals surface area contributed by atoms with Gasteiger partial charge in [0.2, 0.25) is 0 Å². The van der Waals surface area contributed by atoms with Gasteiger partial charge in [0, 0.05) is 23.1 Å². The van der Waals surface area contributed by atoms with Gasteiger partial charge < -0.3 is 10.1 Å². The number of nitrogens with one attached hydrogen (secondary N) is 1. The number of ether oxygens (including phenoxy) is 1. The van der Waals surface area contributed by atoms with Gasteiger partial charge in [0.1, 0.15) is 0 Å². The van der Waals surface area contributed by atoms with Gasteiger partial charge >= 0.3 is 5.97 Å². The van der Waals surface area contributed by atoms with Crippen LogP contribution >= 0.6 is 23.2 Å². The number of piperidine rings is 1. The molecule has 0 aromatic heterocycles. The summed E-state index contributed by atoms with van der Waals surface area (Å²) in [5, 5.41) is 4.69. The van der Waals surface area contributed by atoms with E-state index in [0.29, 0.717) is 22.5 Å². The normalized spacial score (nSPS) is 15.8. The van der Waals surface area contributed by atoms with Crippen LogP contribution in [-0.4, -0.2) is 50.7 Å². The van der Waals surface area contributed by atoms with Crippen molar-refractivity contribution in [3.05, 3.63) is 33.8 Å². The van der Waals surface area contributed by atoms with Crippen LogP contribution in [-0.2, 0) is 16.0 Å². The van der Waals surface area contributed by atoms with Crippen LogP contribution in [0.15, 0.2) is 18.2 Å². The molecule has 0 radical (unpaired) electrons. The Morgan fingerprint density at radius 3 is 2.74 bits per heavy atom. The van der Waals surface area contributed by atoms with Gasteiger partial charge in [0.15, 0.2) is 0 Å². The number of benzene rings is 1. The summed E-state index contributed by atoms with van der Waals surface area (Å²) in [4.78, 5) is 13.8. The zero-order chi connectivity index (χ0) is 16.7. The number of esters is 1. The van der Waals surface area contributed by atoms with Crippen molar-refractivity contribution in [2.45, 2.75) is 19.3 Å². The average molecular weight is 359 g/mol. The second kappa shape index (κ2) is 9.48. The molecular weight excluding hydrogens is 335 g/mol. The van der Waals surface area contributed by atoms with Crippen molar-refractivity contribution in [2.75, 3.05) is 39.8 Å². The lowest BCUT2D eigenvalue weighted by molar-refractivity contribution is -0.142. The Balaban J connectivity index is 1.93. The second-order valence-electron chi connectivity index (χ2n) is 5.99. The number of hydrogen-bond donors (Lipinski definition) is 1. The third-order valence-electron chi connectivity index (χ3n) is 4.27. The number of rotatable bonds is 7. The molecule has 1 aliphatic rings. The Kier molecular flexibility index (Phi) is 7.63. The second-order valence-corrected chi connectivity index (χ2v) is 6.83. The summed E-state index contributed by atoms with van der Waals surface area (Å²) >= 11 is 12.2. The Morgan fingerprint density at radius 1 is 1.35 bits per heavy atom. The molecule has 0 unspecified atom stereocenters. The first-order chi connectivity index (χ1) is 11.1. The van der Waals surface area contributed by atoms with Gasteiger partial charge in [-0.3, -0.25) is 9.69 Å². The molecule has 0 bridgehead atoms. The number of methoxy groups -OCH3 is 1. The van der Waals surface area contributed by atoms with Crippen LogP contribution in [0.5, 0.6) is 0 Å². The van der Waals surface area contributed by atoms with Crippen LogP contribution < -0.4 is 5.32 Å². The summed E-state index contributed by atoms with van der Waals surface area (Å²) in [5.74, 6) is 0.433. The van der Waals surface area contributed by atoms with Crippen LogP contribution in [0.1, 0.15) is 18.4 Å². The van der Waals surface area contributed by atoms with Gasteiger partial charge in [0.05, 0.1) is 13.7 Å². The molecule has 1 aliphatic heterocycles. The van der Waals surface area contributed by atoms with E-state index in [9.17, 15) is 4.79 Å². The van der Waals surface area contributed by atoms with Gasteiger partial charge in [-0.1, -0.05) is 29.3 Å². The minimum absolute atomic E-state index is 0.193. The van der Waals surface area contributed by atoms with E-state index in [1.165, 1.54) is 7.11 Å². The minimum atomic E-state index is -0.193. The van der Waals surface area contributed by atoms with Crippen molar-refractivity contribution in [2.24, 2.45) is 5.92 Å². The lowest BCUT2D eigenvalue weighted by Crippen LogP contribution is -2.39. The Morgan fingerprint density at radius 2 is 2.09 bits per heavy atom. The fraction of sp³-hybridized carbons (Fsp3) is 0.588. The Hall–Kier alpha value is -0.810. The topological polar surface area (TPSA) is 41.6 Å². The number of hydrogen-bond acceptors (Lipinski definition) is 4. The van der Waals surface area contributed by atoms with Crippen molar-refractivity contribution < 1.29 is 9.53 Å². The average Bonchev–Trinajstić information content (AvgIpc) is 2.54. The molecule has 4 nitrogen and oxygen atoms in total. The summed E-state index contributed by atoms with van der Waals surface area (Å²) in [6.45, 7) is 4.13. The van der Waals surface area contributed by atoms with Gasteiger partial charge in [0.25, 0.3) is 0 Å². The van der Waals surface area contributed by atoms with Crippen molar-refractivity contribution in [3.63, 3.8) is 0 Å². The molecule has 1 aromatic carbocycles. The van der Waals surface area contributed by atoms with Crippen LogP contribution in [0.2, 0.25) is 10.0 Å². The number of nitrogens with zero attached hydrogens (tertiary/aromatic N) is 1. The molecule has 128 valence electrons. The first kappa shape index (κ1) is 18.5. The Labute approximate surface area is 148 Å². The molecule has 0 saturated carbocycles. The lowest BCUT2D eigenvalue weighted by Gasteiger charge is -2.29. The molecule has 2 rings (SSSR count). The minimum Gasteiger partial charge on any atom is -0.468 e. The molecule has 1 heterocycles. The van der Waals surface area contributed by atoms with Crippen molar-refractivity contribution in [3.8, 4) is 0 Å². The smallest absolute Gasteiger partial charge is 0.319 e. The number of carbonyl (C=O) groups excluding carboxylic acids is 1. The highest BCUT2D eigenvalue weighted by Gasteiger charge is 2.19. The zero-order valence-electron chi connectivity index (χ0n) is 13.5. The number of halogens is 2. The van der Waals surface area contributed by atoms with Crippen LogP contribution in [0, 0.1) is 5.92 Å². The molecule has 0 atom stereocenters. The van der Waals surface area contributed by atoms with E-state index in [1.54, 1.807) is 6.07 Å². The van der Waals surface area contributed by atoms with Gasteiger partial charge in [-0.25, -0.2) is 0 Å². The fourth-order valence-corrected chi connectivity index (χ4v) is 3.42. The van der Waals surface area contributed by atoms with E-state index in [-0.39, 0.29) is 5.97 Å². The Bertz CT molecular complexity index is 519. The molecular formula is C17H24Cl2N2O2. The van der Waals surface area contributed by atoms with E-state index in [4.69, 9.17) is 27.9 Å². The van der Waals surface area contributed by atoms with Crippen LogP contribution in [0.4, 0.5) is 0 Å². The molecule has 1 fully saturated rings. The van der Waals surface area contributed by atoms with E-state index in [2.05, 4.69) is 10.2 Å². The summed E-state index contributed by atoms with van der Waals surface area (Å²) in [6, 6.07) is 5.56. The largest absolute Gasteiger partial charge is 0.468 e. The quantitative estimate of drug-likeness (QED) is 0.760. The predicted molar refractivity (Wildman–Crippen MR) is 94.2 cm³/mol. The van der Waals surface area contributed by atoms with Gasteiger partial charge in [-0.05, 0) is 56.0 Å². The highest BCUT2D eigenvalue weighted by Crippen LogP contribution is 2.22. The van der Waals surface area contributed by atoms with E-state index < -0.39 is 0 Å². The first-order valence-corrected chi connectivity index (χ1v) is 8.78. The van der Waals surface area contributed by atoms with Gasteiger partial charge in [-0.15, -0.1) is 0 Å². The summed E-state index contributed by atoms with van der Waals surface area (Å²) in [6.07, 6.45) is 3.09. The monoisotopic (exact) mass is 358 g/mol. The highest BCUT2D eigenvalue weighted by molar-refractivity contribution is 6.35. The molecule has 23 heavy (non-hydrogen) atoms. The first-order valence-electron chi connectivity index (χ1n) is 8.02. The maximum atomic E-state index is 11.7. The van der Waals surface area contributed by atoms with Crippen LogP contribution in [0.3, 0.4) is 0 Å². The third kappa shape index (κ3) is 6.30. The number of carbonyl (C=O) groups is 1. The SMILES string of the molecule is COC(=O)CN(CCc1ccc(Cl)cc1Cl)CC1CCNCC1. The lowest BCUT2D eigenvalue weighted by atomic mass is 9.97. The third-order valence-corrected chi connectivity index (χ3v) is 4.85. The maximum Gasteiger partial charge on any atom is 0.319 e. The maximum absolute atomic E-state index is 11.7. The van der Waals surface area contributed by atoms with Crippen molar-refractivity contribution in [1.82, 2.24) is 10.2 Å². The molecule has 1 saturated heterocycles. The predicted octanol–water partition coefficient (Wildman–Crippen LogP) is 3.01. The summed E-state index contributed by atoms with van der Waals surface area (Å²) in [7, 11) is 1.43. The highest BCUT2D eigenvalue weighted by atomic mass is 35.5. The molecule has 0 aliphatic carbocycles.